The lowest BCUT2D eigenvalue weighted by Crippen LogP contribution is -2.37. The van der Waals surface area contributed by atoms with Gasteiger partial charge in [0, 0.05) is 18.8 Å². The minimum Gasteiger partial charge on any atom is -0.378 e. The minimum atomic E-state index is -4.49. The summed E-state index contributed by atoms with van der Waals surface area (Å²) >= 11 is 0. The van der Waals surface area contributed by atoms with Crippen LogP contribution in [-0.4, -0.2) is 32.3 Å². The highest BCUT2D eigenvalue weighted by molar-refractivity contribution is 6.02. The number of morpholine rings is 1. The third kappa shape index (κ3) is 4.71. The molecule has 1 heterocycles. The number of nitrogens with one attached hydrogen (secondary N) is 2. The Hall–Kier alpha value is -2.74. The van der Waals surface area contributed by atoms with E-state index >= 15 is 0 Å². The van der Waals surface area contributed by atoms with Crippen LogP contribution in [-0.2, 0) is 10.9 Å². The summed E-state index contributed by atoms with van der Waals surface area (Å²) < 4.78 is 44.6. The summed E-state index contributed by atoms with van der Waals surface area (Å²) in [5.74, 6) is 0. The van der Waals surface area contributed by atoms with Crippen molar-refractivity contribution in [3.05, 3.63) is 53.6 Å². The predicted octanol–water partition coefficient (Wildman–Crippen LogP) is 4.49. The van der Waals surface area contributed by atoms with Crippen molar-refractivity contribution in [2.45, 2.75) is 13.1 Å². The lowest BCUT2D eigenvalue weighted by molar-refractivity contribution is -0.137. The standard InChI is InChI=1S/C19H20F3N3O2/c1-13-4-2-3-5-15(13)23-18(26)24-16-12-14(19(20,21)22)6-7-17(16)25-8-10-27-11-9-25/h2-7,12H,8-11H2,1H3,(H2,23,24,26). The highest BCUT2D eigenvalue weighted by Gasteiger charge is 2.32. The summed E-state index contributed by atoms with van der Waals surface area (Å²) in [7, 11) is 0. The molecule has 0 atom stereocenters. The van der Waals surface area contributed by atoms with Gasteiger partial charge < -0.3 is 20.3 Å². The van der Waals surface area contributed by atoms with Crippen LogP contribution in [0.5, 0.6) is 0 Å². The summed E-state index contributed by atoms with van der Waals surface area (Å²) in [4.78, 5) is 14.3. The Labute approximate surface area is 155 Å². The molecule has 0 spiro atoms. The zero-order valence-electron chi connectivity index (χ0n) is 14.8. The molecule has 0 unspecified atom stereocenters. The Morgan fingerprint density at radius 3 is 2.37 bits per heavy atom. The molecule has 2 amide bonds. The maximum Gasteiger partial charge on any atom is 0.416 e. The van der Waals surface area contributed by atoms with Crippen molar-refractivity contribution < 1.29 is 22.7 Å². The number of urea groups is 1. The van der Waals surface area contributed by atoms with Gasteiger partial charge in [-0.05, 0) is 36.8 Å². The molecule has 144 valence electrons. The number of alkyl halides is 3. The van der Waals surface area contributed by atoms with E-state index in [0.717, 1.165) is 17.7 Å². The number of aryl methyl sites for hydroxylation is 1. The van der Waals surface area contributed by atoms with E-state index in [2.05, 4.69) is 10.6 Å². The van der Waals surface area contributed by atoms with Crippen LogP contribution in [0.15, 0.2) is 42.5 Å². The second-order valence-corrected chi connectivity index (χ2v) is 6.22. The van der Waals surface area contributed by atoms with E-state index in [1.807, 2.05) is 24.0 Å². The van der Waals surface area contributed by atoms with Gasteiger partial charge in [-0.15, -0.1) is 0 Å². The van der Waals surface area contributed by atoms with Crippen LogP contribution in [0.2, 0.25) is 0 Å². The first-order valence-corrected chi connectivity index (χ1v) is 8.52. The zero-order valence-corrected chi connectivity index (χ0v) is 14.8. The molecule has 3 rings (SSSR count). The largest absolute Gasteiger partial charge is 0.416 e. The number of anilines is 3. The molecule has 8 heteroatoms. The second kappa shape index (κ2) is 7.87. The molecule has 1 saturated heterocycles. The Bertz CT molecular complexity index is 818. The molecule has 1 fully saturated rings. The van der Waals surface area contributed by atoms with Gasteiger partial charge in [0.2, 0.25) is 0 Å². The van der Waals surface area contributed by atoms with Crippen molar-refractivity contribution in [3.63, 3.8) is 0 Å². The normalized spacial score (nSPS) is 14.7. The van der Waals surface area contributed by atoms with Crippen LogP contribution in [0, 0.1) is 6.92 Å². The highest BCUT2D eigenvalue weighted by Crippen LogP contribution is 2.35. The summed E-state index contributed by atoms with van der Waals surface area (Å²) in [6.45, 7) is 3.88. The number of amides is 2. The Morgan fingerprint density at radius 1 is 1.04 bits per heavy atom. The fourth-order valence-corrected chi connectivity index (χ4v) is 2.88. The van der Waals surface area contributed by atoms with E-state index in [0.29, 0.717) is 37.7 Å². The lowest BCUT2D eigenvalue weighted by Gasteiger charge is -2.31. The average Bonchev–Trinajstić information content (AvgIpc) is 2.63. The molecule has 2 N–H and O–H groups in total. The van der Waals surface area contributed by atoms with Gasteiger partial charge in [0.25, 0.3) is 0 Å². The Balaban J connectivity index is 1.86. The van der Waals surface area contributed by atoms with Crippen LogP contribution in [0.3, 0.4) is 0 Å². The van der Waals surface area contributed by atoms with Gasteiger partial charge in [0.05, 0.1) is 30.2 Å². The third-order valence-electron chi connectivity index (χ3n) is 4.32. The van der Waals surface area contributed by atoms with Gasteiger partial charge in [-0.3, -0.25) is 0 Å². The number of hydrogen-bond acceptors (Lipinski definition) is 3. The quantitative estimate of drug-likeness (QED) is 0.826. The van der Waals surface area contributed by atoms with Crippen LogP contribution in [0.1, 0.15) is 11.1 Å². The number of hydrogen-bond donors (Lipinski definition) is 2. The molecule has 2 aromatic rings. The maximum absolute atomic E-state index is 13.1. The number of carbonyl (C=O) groups excluding carboxylic acids is 1. The Kier molecular flexibility index (Phi) is 5.55. The van der Waals surface area contributed by atoms with Crippen molar-refractivity contribution in [3.8, 4) is 0 Å². The van der Waals surface area contributed by atoms with E-state index in [-0.39, 0.29) is 5.69 Å². The zero-order chi connectivity index (χ0) is 19.4. The van der Waals surface area contributed by atoms with Gasteiger partial charge in [0.15, 0.2) is 0 Å². The van der Waals surface area contributed by atoms with Crippen molar-refractivity contribution >= 4 is 23.1 Å². The molecule has 0 saturated carbocycles. The topological polar surface area (TPSA) is 53.6 Å². The van der Waals surface area contributed by atoms with E-state index in [1.165, 1.54) is 6.07 Å². The number of rotatable bonds is 3. The number of benzene rings is 2. The molecule has 27 heavy (non-hydrogen) atoms. The first-order chi connectivity index (χ1) is 12.8. The van der Waals surface area contributed by atoms with Crippen LogP contribution >= 0.6 is 0 Å². The van der Waals surface area contributed by atoms with Crippen molar-refractivity contribution in [2.24, 2.45) is 0 Å². The van der Waals surface area contributed by atoms with Crippen LogP contribution < -0.4 is 15.5 Å². The molecular weight excluding hydrogens is 359 g/mol. The van der Waals surface area contributed by atoms with Crippen molar-refractivity contribution in [2.75, 3.05) is 41.8 Å². The SMILES string of the molecule is Cc1ccccc1NC(=O)Nc1cc(C(F)(F)F)ccc1N1CCOCC1. The Morgan fingerprint density at radius 2 is 1.70 bits per heavy atom. The van der Waals surface area contributed by atoms with Gasteiger partial charge in [-0.1, -0.05) is 18.2 Å². The smallest absolute Gasteiger partial charge is 0.378 e. The first-order valence-electron chi connectivity index (χ1n) is 8.52. The molecule has 1 aliphatic heterocycles. The van der Waals surface area contributed by atoms with Crippen LogP contribution in [0.25, 0.3) is 0 Å². The molecule has 0 radical (unpaired) electrons. The first kappa shape index (κ1) is 19.0. The van der Waals surface area contributed by atoms with Gasteiger partial charge in [-0.25, -0.2) is 4.79 Å². The molecule has 1 aliphatic rings. The summed E-state index contributed by atoms with van der Waals surface area (Å²) in [5, 5.41) is 5.24. The van der Waals surface area contributed by atoms with Crippen molar-refractivity contribution in [1.29, 1.82) is 0 Å². The minimum absolute atomic E-state index is 0.109. The molecule has 5 nitrogen and oxygen atoms in total. The summed E-state index contributed by atoms with van der Waals surface area (Å²) in [6.07, 6.45) is -4.49. The number of para-hydroxylation sites is 1. The van der Waals surface area contributed by atoms with Crippen LogP contribution in [0.4, 0.5) is 35.0 Å². The average molecular weight is 379 g/mol. The van der Waals surface area contributed by atoms with Crippen molar-refractivity contribution in [1.82, 2.24) is 0 Å². The van der Waals surface area contributed by atoms with Gasteiger partial charge in [-0.2, -0.15) is 13.2 Å². The predicted molar refractivity (Wildman–Crippen MR) is 98.3 cm³/mol. The van der Waals surface area contributed by atoms with E-state index in [9.17, 15) is 18.0 Å². The number of nitrogens with zero attached hydrogens (tertiary/aromatic N) is 1. The summed E-state index contributed by atoms with van der Waals surface area (Å²) in [5.41, 5.74) is 1.27. The highest BCUT2D eigenvalue weighted by atomic mass is 19.4. The van der Waals surface area contributed by atoms with E-state index in [4.69, 9.17) is 4.74 Å². The second-order valence-electron chi connectivity index (χ2n) is 6.22. The van der Waals surface area contributed by atoms with Gasteiger partial charge >= 0.3 is 12.2 Å². The van der Waals surface area contributed by atoms with Gasteiger partial charge in [0.1, 0.15) is 0 Å². The molecule has 0 bridgehead atoms. The molecular formula is C19H20F3N3O2. The number of halogens is 3. The molecule has 0 aromatic heterocycles. The molecule has 2 aromatic carbocycles. The van der Waals surface area contributed by atoms with E-state index in [1.54, 1.807) is 12.1 Å². The lowest BCUT2D eigenvalue weighted by atomic mass is 10.1. The fraction of sp³-hybridized carbons (Fsp3) is 0.316. The van der Waals surface area contributed by atoms with E-state index < -0.39 is 17.8 Å². The fourth-order valence-electron chi connectivity index (χ4n) is 2.88. The monoisotopic (exact) mass is 379 g/mol. The third-order valence-corrected chi connectivity index (χ3v) is 4.32. The summed E-state index contributed by atoms with van der Waals surface area (Å²) in [6, 6.07) is 9.93. The number of carbonyl (C=O) groups is 1. The number of ether oxygens (including phenoxy) is 1. The molecule has 0 aliphatic carbocycles. The maximum atomic E-state index is 13.1.